The van der Waals surface area contributed by atoms with Gasteiger partial charge >= 0.3 is 0 Å². The van der Waals surface area contributed by atoms with Gasteiger partial charge in [0.2, 0.25) is 0 Å². The van der Waals surface area contributed by atoms with Crippen molar-refractivity contribution < 1.29 is 13.9 Å². The first-order chi connectivity index (χ1) is 9.97. The summed E-state index contributed by atoms with van der Waals surface area (Å²) in [6, 6.07) is 3.18. The Labute approximate surface area is 121 Å². The third-order valence-electron chi connectivity index (χ3n) is 3.59. The molecule has 0 spiro atoms. The lowest BCUT2D eigenvalue weighted by molar-refractivity contribution is -0.0379. The van der Waals surface area contributed by atoms with Crippen LogP contribution in [0.2, 0.25) is 0 Å². The molecule has 114 valence electrons. The lowest BCUT2D eigenvalue weighted by Gasteiger charge is -2.34. The summed E-state index contributed by atoms with van der Waals surface area (Å²) in [5, 5.41) is 17.9. The van der Waals surface area contributed by atoms with E-state index in [1.807, 2.05) is 0 Å². The predicted molar refractivity (Wildman–Crippen MR) is 73.4 cm³/mol. The predicted octanol–water partition coefficient (Wildman–Crippen LogP) is 1.30. The van der Waals surface area contributed by atoms with Gasteiger partial charge in [0.15, 0.2) is 0 Å². The number of benzene rings is 1. The SMILES string of the molecule is CNC[C@H](C)[C@](O)(Cn1cncn1)c1ccc(F)cc1F. The molecule has 21 heavy (non-hydrogen) atoms. The first-order valence-electron chi connectivity index (χ1n) is 6.62. The topological polar surface area (TPSA) is 63.0 Å². The Balaban J connectivity index is 2.43. The van der Waals surface area contributed by atoms with Gasteiger partial charge in [-0.2, -0.15) is 5.10 Å². The molecule has 0 saturated carbocycles. The van der Waals surface area contributed by atoms with Crippen molar-refractivity contribution in [2.24, 2.45) is 5.92 Å². The number of nitrogens with one attached hydrogen (secondary N) is 1. The second-order valence-corrected chi connectivity index (χ2v) is 5.10. The maximum atomic E-state index is 14.1. The zero-order valence-electron chi connectivity index (χ0n) is 11.9. The van der Waals surface area contributed by atoms with Crippen molar-refractivity contribution in [2.75, 3.05) is 13.6 Å². The van der Waals surface area contributed by atoms with Crippen LogP contribution < -0.4 is 5.32 Å². The minimum Gasteiger partial charge on any atom is -0.383 e. The van der Waals surface area contributed by atoms with Crippen molar-refractivity contribution in [3.63, 3.8) is 0 Å². The van der Waals surface area contributed by atoms with Gasteiger partial charge in [0.05, 0.1) is 6.54 Å². The van der Waals surface area contributed by atoms with Crippen LogP contribution in [0, 0.1) is 17.6 Å². The van der Waals surface area contributed by atoms with E-state index >= 15 is 0 Å². The Kier molecular flexibility index (Phi) is 4.64. The van der Waals surface area contributed by atoms with E-state index in [0.29, 0.717) is 6.54 Å². The van der Waals surface area contributed by atoms with Crippen LogP contribution in [-0.4, -0.2) is 33.5 Å². The summed E-state index contributed by atoms with van der Waals surface area (Å²) in [5.74, 6) is -1.78. The highest BCUT2D eigenvalue weighted by atomic mass is 19.1. The fourth-order valence-corrected chi connectivity index (χ4v) is 2.38. The Hall–Kier alpha value is -1.86. The Morgan fingerprint density at radius 2 is 2.19 bits per heavy atom. The molecule has 1 heterocycles. The highest BCUT2D eigenvalue weighted by molar-refractivity contribution is 5.26. The van der Waals surface area contributed by atoms with Crippen molar-refractivity contribution in [3.8, 4) is 0 Å². The molecule has 0 aliphatic heterocycles. The summed E-state index contributed by atoms with van der Waals surface area (Å²) in [4.78, 5) is 3.81. The number of hydrogen-bond donors (Lipinski definition) is 2. The number of aliphatic hydroxyl groups is 1. The molecule has 0 aliphatic rings. The molecule has 5 nitrogen and oxygen atoms in total. The largest absolute Gasteiger partial charge is 0.383 e. The van der Waals surface area contributed by atoms with Crippen LogP contribution in [0.5, 0.6) is 0 Å². The summed E-state index contributed by atoms with van der Waals surface area (Å²) in [7, 11) is 1.74. The van der Waals surface area contributed by atoms with Gasteiger partial charge in [0.1, 0.15) is 29.9 Å². The highest BCUT2D eigenvalue weighted by Gasteiger charge is 2.38. The fraction of sp³-hybridized carbons (Fsp3) is 0.429. The molecule has 0 radical (unpaired) electrons. The third-order valence-corrected chi connectivity index (χ3v) is 3.59. The van der Waals surface area contributed by atoms with E-state index in [2.05, 4.69) is 15.4 Å². The number of hydrogen-bond acceptors (Lipinski definition) is 4. The lowest BCUT2D eigenvalue weighted by Crippen LogP contribution is -2.43. The summed E-state index contributed by atoms with van der Waals surface area (Å²) in [6.45, 7) is 2.27. The molecule has 0 bridgehead atoms. The molecule has 0 fully saturated rings. The fourth-order valence-electron chi connectivity index (χ4n) is 2.38. The number of nitrogens with zero attached hydrogens (tertiary/aromatic N) is 3. The van der Waals surface area contributed by atoms with E-state index in [1.54, 1.807) is 14.0 Å². The van der Waals surface area contributed by atoms with E-state index in [4.69, 9.17) is 0 Å². The molecule has 7 heteroatoms. The van der Waals surface area contributed by atoms with Crippen molar-refractivity contribution in [2.45, 2.75) is 19.1 Å². The maximum absolute atomic E-state index is 14.1. The normalized spacial score (nSPS) is 15.7. The van der Waals surface area contributed by atoms with Crippen LogP contribution in [0.15, 0.2) is 30.9 Å². The molecular formula is C14H18F2N4O. The van der Waals surface area contributed by atoms with Crippen LogP contribution in [-0.2, 0) is 12.1 Å². The van der Waals surface area contributed by atoms with Gasteiger partial charge in [0.25, 0.3) is 0 Å². The number of rotatable bonds is 6. The molecule has 2 aromatic rings. The monoisotopic (exact) mass is 296 g/mol. The van der Waals surface area contributed by atoms with E-state index in [9.17, 15) is 13.9 Å². The van der Waals surface area contributed by atoms with Crippen molar-refractivity contribution >= 4 is 0 Å². The molecule has 0 unspecified atom stereocenters. The van der Waals surface area contributed by atoms with Crippen LogP contribution in [0.1, 0.15) is 12.5 Å². The number of halogens is 2. The molecule has 0 aliphatic carbocycles. The zero-order valence-corrected chi connectivity index (χ0v) is 11.9. The van der Waals surface area contributed by atoms with E-state index in [0.717, 1.165) is 12.1 Å². The minimum atomic E-state index is -1.53. The molecule has 1 aromatic carbocycles. The quantitative estimate of drug-likeness (QED) is 0.843. The molecule has 0 amide bonds. The molecular weight excluding hydrogens is 278 g/mol. The van der Waals surface area contributed by atoms with Gasteiger partial charge in [-0.1, -0.05) is 13.0 Å². The average molecular weight is 296 g/mol. The Morgan fingerprint density at radius 1 is 1.43 bits per heavy atom. The van der Waals surface area contributed by atoms with Gasteiger partial charge in [-0.25, -0.2) is 18.4 Å². The van der Waals surface area contributed by atoms with Gasteiger partial charge in [0, 0.05) is 24.1 Å². The van der Waals surface area contributed by atoms with Crippen LogP contribution in [0.25, 0.3) is 0 Å². The van der Waals surface area contributed by atoms with E-state index < -0.39 is 17.2 Å². The highest BCUT2D eigenvalue weighted by Crippen LogP contribution is 2.33. The molecule has 1 aromatic heterocycles. The standard InChI is InChI=1S/C14H18F2N4O/c1-10(6-17-2)14(21,7-20-9-18-8-19-20)12-4-3-11(15)5-13(12)16/h3-5,8-10,17,21H,6-7H2,1-2H3/t10-,14+/m0/s1. The van der Waals surface area contributed by atoms with Gasteiger partial charge in [-0.05, 0) is 13.1 Å². The second kappa shape index (κ2) is 6.28. The molecule has 2 rings (SSSR count). The zero-order chi connectivity index (χ0) is 15.5. The van der Waals surface area contributed by atoms with Gasteiger partial charge in [-0.15, -0.1) is 0 Å². The summed E-state index contributed by atoms with van der Waals surface area (Å²) in [5.41, 5.74) is -1.49. The molecule has 2 N–H and O–H groups in total. The average Bonchev–Trinajstić information content (AvgIpc) is 2.91. The summed E-state index contributed by atoms with van der Waals surface area (Å²) in [6.07, 6.45) is 2.78. The van der Waals surface area contributed by atoms with Crippen LogP contribution >= 0.6 is 0 Å². The van der Waals surface area contributed by atoms with E-state index in [1.165, 1.54) is 23.4 Å². The lowest BCUT2D eigenvalue weighted by atomic mass is 9.81. The Bertz CT molecular complexity index is 591. The third kappa shape index (κ3) is 3.25. The number of aromatic nitrogens is 3. The second-order valence-electron chi connectivity index (χ2n) is 5.10. The molecule has 0 saturated heterocycles. The van der Waals surface area contributed by atoms with Crippen molar-refractivity contribution in [3.05, 3.63) is 48.1 Å². The summed E-state index contributed by atoms with van der Waals surface area (Å²) >= 11 is 0. The van der Waals surface area contributed by atoms with Gasteiger partial charge < -0.3 is 10.4 Å². The van der Waals surface area contributed by atoms with Crippen LogP contribution in [0.3, 0.4) is 0 Å². The smallest absolute Gasteiger partial charge is 0.137 e. The maximum Gasteiger partial charge on any atom is 0.137 e. The first-order valence-corrected chi connectivity index (χ1v) is 6.62. The summed E-state index contributed by atoms with van der Waals surface area (Å²) < 4.78 is 28.6. The van der Waals surface area contributed by atoms with Gasteiger partial charge in [-0.3, -0.25) is 0 Å². The first kappa shape index (κ1) is 15.5. The minimum absolute atomic E-state index is 0.0262. The van der Waals surface area contributed by atoms with Crippen molar-refractivity contribution in [1.29, 1.82) is 0 Å². The molecule has 2 atom stereocenters. The Morgan fingerprint density at radius 3 is 2.76 bits per heavy atom. The van der Waals surface area contributed by atoms with Crippen LogP contribution in [0.4, 0.5) is 8.78 Å². The van der Waals surface area contributed by atoms with Crippen molar-refractivity contribution in [1.82, 2.24) is 20.1 Å². The van der Waals surface area contributed by atoms with E-state index in [-0.39, 0.29) is 18.0 Å².